The summed E-state index contributed by atoms with van der Waals surface area (Å²) < 4.78 is 50.1. The van der Waals surface area contributed by atoms with E-state index in [0.29, 0.717) is 5.39 Å². The summed E-state index contributed by atoms with van der Waals surface area (Å²) in [5.41, 5.74) is 2.63. The summed E-state index contributed by atoms with van der Waals surface area (Å²) in [6.45, 7) is 2.39. The third-order valence-electron chi connectivity index (χ3n) is 6.90. The molecule has 3 aromatic rings. The molecule has 0 radical (unpaired) electrons. The predicted octanol–water partition coefficient (Wildman–Crippen LogP) is 3.85. The van der Waals surface area contributed by atoms with E-state index in [9.17, 15) is 13.2 Å². The van der Waals surface area contributed by atoms with Crippen LogP contribution in [0.2, 0.25) is 0 Å². The molecule has 3 aliphatic rings. The summed E-state index contributed by atoms with van der Waals surface area (Å²) in [5.74, 6) is -0.593. The second-order valence-electron chi connectivity index (χ2n) is 9.65. The summed E-state index contributed by atoms with van der Waals surface area (Å²) in [6, 6.07) is 16.5. The molecule has 2 aliphatic heterocycles. The molecule has 2 heterocycles. The zero-order valence-corrected chi connectivity index (χ0v) is 20.4. The lowest BCUT2D eigenvalue weighted by atomic mass is 10.0. The maximum atomic E-state index is 16.1. The van der Waals surface area contributed by atoms with Crippen LogP contribution in [0.4, 0.5) is 10.1 Å². The zero-order valence-electron chi connectivity index (χ0n) is 19.6. The number of fused-ring (bicyclic) bond motifs is 1. The largest absolute Gasteiger partial charge is 0.487 e. The number of benzene rings is 3. The van der Waals surface area contributed by atoms with Crippen LogP contribution in [0.3, 0.4) is 0 Å². The minimum Gasteiger partial charge on any atom is -0.487 e. The third kappa shape index (κ3) is 4.44. The van der Waals surface area contributed by atoms with E-state index in [1.165, 1.54) is 12.8 Å². The van der Waals surface area contributed by atoms with Gasteiger partial charge in [0, 0.05) is 25.0 Å². The van der Waals surface area contributed by atoms with Gasteiger partial charge in [0.25, 0.3) is 5.91 Å². The van der Waals surface area contributed by atoms with Gasteiger partial charge in [-0.2, -0.15) is 8.42 Å². The number of anilines is 1. The van der Waals surface area contributed by atoms with Gasteiger partial charge in [-0.3, -0.25) is 9.69 Å². The molecule has 0 spiro atoms. The van der Waals surface area contributed by atoms with Crippen molar-refractivity contribution < 1.29 is 22.3 Å². The van der Waals surface area contributed by atoms with Crippen molar-refractivity contribution in [1.82, 2.24) is 9.62 Å². The number of carbonyl (C=O) groups is 1. The van der Waals surface area contributed by atoms with E-state index in [0.717, 1.165) is 46.6 Å². The smallest absolute Gasteiger partial charge is 0.326 e. The van der Waals surface area contributed by atoms with Crippen molar-refractivity contribution in [2.45, 2.75) is 19.4 Å². The van der Waals surface area contributed by atoms with Crippen molar-refractivity contribution in [3.05, 3.63) is 77.6 Å². The molecule has 0 aromatic heterocycles. The van der Waals surface area contributed by atoms with Crippen molar-refractivity contribution in [3.63, 3.8) is 0 Å². The lowest BCUT2D eigenvalue weighted by Gasteiger charge is -2.21. The van der Waals surface area contributed by atoms with Crippen LogP contribution in [0.1, 0.15) is 24.0 Å². The Labute approximate surface area is 209 Å². The Morgan fingerprint density at radius 1 is 1.06 bits per heavy atom. The van der Waals surface area contributed by atoms with E-state index in [-0.39, 0.29) is 23.4 Å². The van der Waals surface area contributed by atoms with Crippen LogP contribution in [0.5, 0.6) is 5.75 Å². The SMILES string of the molecule is O=C1CN(c2c(OCc3ccccc3)cc3ccc(C4=CCN(CC5CC5)C4)cc3c2F)S(=O)(=O)N1. The fraction of sp³-hybridized carbons (Fsp3) is 0.296. The number of rotatable bonds is 7. The molecule has 3 aromatic carbocycles. The second kappa shape index (κ2) is 8.90. The van der Waals surface area contributed by atoms with Crippen LogP contribution in [0.15, 0.2) is 60.7 Å². The summed E-state index contributed by atoms with van der Waals surface area (Å²) in [6.07, 6.45) is 4.76. The lowest BCUT2D eigenvalue weighted by Crippen LogP contribution is -2.30. The summed E-state index contributed by atoms with van der Waals surface area (Å²) in [4.78, 5) is 14.3. The highest BCUT2D eigenvalue weighted by atomic mass is 32.2. The average Bonchev–Trinajstić information content (AvgIpc) is 3.47. The van der Waals surface area contributed by atoms with Crippen molar-refractivity contribution in [2.75, 3.05) is 30.5 Å². The molecule has 6 rings (SSSR count). The number of carbonyl (C=O) groups excluding carboxylic acids is 1. The molecule has 1 amide bonds. The molecule has 2 fully saturated rings. The molecule has 1 saturated carbocycles. The van der Waals surface area contributed by atoms with Crippen LogP contribution < -0.4 is 13.8 Å². The van der Waals surface area contributed by atoms with E-state index in [1.54, 1.807) is 12.1 Å². The minimum absolute atomic E-state index is 0.0624. The van der Waals surface area contributed by atoms with Gasteiger partial charge in [0.2, 0.25) is 0 Å². The van der Waals surface area contributed by atoms with E-state index in [4.69, 9.17) is 4.74 Å². The second-order valence-corrected chi connectivity index (χ2v) is 11.2. The van der Waals surface area contributed by atoms with E-state index >= 15 is 4.39 Å². The molecule has 0 atom stereocenters. The monoisotopic (exact) mass is 507 g/mol. The first-order valence-corrected chi connectivity index (χ1v) is 13.5. The average molecular weight is 508 g/mol. The molecule has 0 bridgehead atoms. The fourth-order valence-electron chi connectivity index (χ4n) is 4.86. The van der Waals surface area contributed by atoms with Crippen LogP contribution in [-0.2, 0) is 21.6 Å². The molecule has 36 heavy (non-hydrogen) atoms. The fourth-order valence-corrected chi connectivity index (χ4v) is 6.02. The topological polar surface area (TPSA) is 79.0 Å². The van der Waals surface area contributed by atoms with Gasteiger partial charge in [0.1, 0.15) is 24.6 Å². The number of nitrogens with zero attached hydrogens (tertiary/aromatic N) is 2. The van der Waals surface area contributed by atoms with Crippen molar-refractivity contribution in [2.24, 2.45) is 5.92 Å². The lowest BCUT2D eigenvalue weighted by molar-refractivity contribution is -0.117. The highest BCUT2D eigenvalue weighted by molar-refractivity contribution is 7.92. The number of hydrogen-bond donors (Lipinski definition) is 1. The normalized spacial score (nSPS) is 19.5. The Kier molecular flexibility index (Phi) is 5.69. The van der Waals surface area contributed by atoms with Crippen molar-refractivity contribution in [3.8, 4) is 5.75 Å². The highest BCUT2D eigenvalue weighted by Crippen LogP contribution is 2.41. The molecular formula is C27H26FN3O4S. The first kappa shape index (κ1) is 23.0. The van der Waals surface area contributed by atoms with E-state index < -0.39 is 28.5 Å². The maximum absolute atomic E-state index is 16.1. The van der Waals surface area contributed by atoms with E-state index in [1.807, 2.05) is 47.2 Å². The number of halogens is 1. The summed E-state index contributed by atoms with van der Waals surface area (Å²) in [5, 5.41) is 0.873. The first-order chi connectivity index (χ1) is 17.4. The molecule has 1 N–H and O–H groups in total. The Morgan fingerprint density at radius 2 is 1.86 bits per heavy atom. The number of hydrogen-bond acceptors (Lipinski definition) is 5. The molecule has 0 unspecified atom stereocenters. The quantitative estimate of drug-likeness (QED) is 0.526. The molecule has 9 heteroatoms. The summed E-state index contributed by atoms with van der Waals surface area (Å²) in [7, 11) is -4.23. The van der Waals surface area contributed by atoms with E-state index in [2.05, 4.69) is 11.0 Å². The van der Waals surface area contributed by atoms with Gasteiger partial charge < -0.3 is 4.74 Å². The Morgan fingerprint density at radius 3 is 2.58 bits per heavy atom. The maximum Gasteiger partial charge on any atom is 0.326 e. The van der Waals surface area contributed by atoms with Gasteiger partial charge in [-0.15, -0.1) is 0 Å². The van der Waals surface area contributed by atoms with Crippen LogP contribution in [0, 0.1) is 11.7 Å². The molecule has 7 nitrogen and oxygen atoms in total. The molecule has 1 saturated heterocycles. The molecular weight excluding hydrogens is 481 g/mol. The third-order valence-corrected chi connectivity index (χ3v) is 8.28. The van der Waals surface area contributed by atoms with Crippen molar-refractivity contribution in [1.29, 1.82) is 0 Å². The highest BCUT2D eigenvalue weighted by Gasteiger charge is 2.38. The number of ether oxygens (including phenoxy) is 1. The van der Waals surface area contributed by atoms with Gasteiger partial charge in [-0.25, -0.2) is 13.4 Å². The van der Waals surface area contributed by atoms with Gasteiger partial charge in [-0.1, -0.05) is 48.5 Å². The Bertz CT molecular complexity index is 1490. The Balaban J connectivity index is 1.39. The minimum atomic E-state index is -4.23. The van der Waals surface area contributed by atoms with Crippen LogP contribution >= 0.6 is 0 Å². The van der Waals surface area contributed by atoms with Gasteiger partial charge in [0.05, 0.1) is 0 Å². The van der Waals surface area contributed by atoms with Crippen LogP contribution in [0.25, 0.3) is 16.3 Å². The zero-order chi connectivity index (χ0) is 24.9. The summed E-state index contributed by atoms with van der Waals surface area (Å²) >= 11 is 0. The van der Waals surface area contributed by atoms with Crippen molar-refractivity contribution >= 4 is 38.1 Å². The predicted molar refractivity (Wildman–Crippen MR) is 136 cm³/mol. The van der Waals surface area contributed by atoms with Gasteiger partial charge >= 0.3 is 10.2 Å². The Hall–Kier alpha value is -3.43. The van der Waals surface area contributed by atoms with Crippen LogP contribution in [-0.4, -0.2) is 45.4 Å². The van der Waals surface area contributed by atoms with Gasteiger partial charge in [0.15, 0.2) is 5.82 Å². The molecule has 1 aliphatic carbocycles. The number of amides is 1. The standard InChI is InChI=1S/C27H26FN3O4S/c28-26-23-12-20(22-10-11-30(15-22)14-18-6-7-18)8-9-21(23)13-24(35-17-19-4-2-1-3-5-19)27(26)31-16-25(32)29-36(31,33)34/h1-5,8-10,12-13,18H,6-7,11,14-17H2,(H,29,32). The van der Waals surface area contributed by atoms with Gasteiger partial charge in [-0.05, 0) is 53.0 Å². The number of nitrogens with one attached hydrogen (secondary N) is 1. The first-order valence-electron chi connectivity index (χ1n) is 12.1. The molecule has 186 valence electrons.